The van der Waals surface area contributed by atoms with Crippen molar-refractivity contribution in [3.8, 4) is 0 Å². The summed E-state index contributed by atoms with van der Waals surface area (Å²) >= 11 is 1.29. The Bertz CT molecular complexity index is 986. The van der Waals surface area contributed by atoms with Crippen molar-refractivity contribution in [2.45, 2.75) is 49.3 Å². The zero-order chi connectivity index (χ0) is 23.0. The van der Waals surface area contributed by atoms with Crippen molar-refractivity contribution in [2.75, 3.05) is 19.6 Å². The van der Waals surface area contributed by atoms with Gasteiger partial charge in [-0.15, -0.1) is 0 Å². The molecule has 0 bridgehead atoms. The molecule has 0 fully saturated rings. The van der Waals surface area contributed by atoms with Crippen LogP contribution in [0.5, 0.6) is 0 Å². The molecule has 1 amide bonds. The smallest absolute Gasteiger partial charge is 0.244 e. The van der Waals surface area contributed by atoms with E-state index in [-0.39, 0.29) is 21.8 Å². The van der Waals surface area contributed by atoms with Crippen LogP contribution in [0, 0.1) is 0 Å². The number of rotatable bonds is 11. The molecule has 1 atom stereocenters. The number of hydrogen-bond donors (Lipinski definition) is 1. The van der Waals surface area contributed by atoms with Gasteiger partial charge in [-0.2, -0.15) is 4.31 Å². The second-order valence-electron chi connectivity index (χ2n) is 6.98. The van der Waals surface area contributed by atoms with Gasteiger partial charge in [0.25, 0.3) is 0 Å². The summed E-state index contributed by atoms with van der Waals surface area (Å²) in [5, 5.41) is 2.96. The van der Waals surface area contributed by atoms with Gasteiger partial charge in [0.2, 0.25) is 15.9 Å². The van der Waals surface area contributed by atoms with Gasteiger partial charge in [-0.25, -0.2) is 13.4 Å². The first-order valence-electron chi connectivity index (χ1n) is 10.2. The first kappa shape index (κ1) is 25.0. The van der Waals surface area contributed by atoms with Gasteiger partial charge >= 0.3 is 0 Å². The van der Waals surface area contributed by atoms with Crippen LogP contribution in [0.25, 0.3) is 0 Å². The van der Waals surface area contributed by atoms with E-state index in [9.17, 15) is 18.0 Å². The second kappa shape index (κ2) is 11.4. The maximum absolute atomic E-state index is 12.7. The first-order chi connectivity index (χ1) is 14.7. The van der Waals surface area contributed by atoms with Crippen molar-refractivity contribution < 1.29 is 18.0 Å². The molecule has 1 N–H and O–H groups in total. The SMILES string of the molecule is CCN(CC)S(=O)(=O)c1ccc(SC(C)C(=O)c2ccc(CCNC(C)=O)cc2)nc1. The number of carbonyl (C=O) groups is 2. The first-order valence-corrected chi connectivity index (χ1v) is 12.5. The van der Waals surface area contributed by atoms with Crippen LogP contribution in [0.1, 0.15) is 43.6 Å². The highest BCUT2D eigenvalue weighted by atomic mass is 32.2. The quantitative estimate of drug-likeness (QED) is 0.406. The monoisotopic (exact) mass is 463 g/mol. The largest absolute Gasteiger partial charge is 0.356 e. The van der Waals surface area contributed by atoms with E-state index >= 15 is 0 Å². The lowest BCUT2D eigenvalue weighted by Gasteiger charge is -2.18. The summed E-state index contributed by atoms with van der Waals surface area (Å²) in [6.07, 6.45) is 2.04. The molecule has 1 aromatic heterocycles. The minimum Gasteiger partial charge on any atom is -0.356 e. The van der Waals surface area contributed by atoms with Gasteiger partial charge in [-0.1, -0.05) is 49.9 Å². The summed E-state index contributed by atoms with van der Waals surface area (Å²) in [5.41, 5.74) is 1.64. The number of aromatic nitrogens is 1. The minimum absolute atomic E-state index is 0.0277. The van der Waals surface area contributed by atoms with Crippen molar-refractivity contribution >= 4 is 33.5 Å². The van der Waals surface area contributed by atoms with Gasteiger partial charge in [0.1, 0.15) is 4.90 Å². The number of nitrogens with zero attached hydrogens (tertiary/aromatic N) is 2. The minimum atomic E-state index is -3.55. The lowest BCUT2D eigenvalue weighted by molar-refractivity contribution is -0.118. The molecule has 1 unspecified atom stereocenters. The standard InChI is InChI=1S/C22H29N3O4S2/c1-5-25(6-2)31(28,29)20-11-12-21(24-15-20)30-16(3)22(27)19-9-7-18(8-10-19)13-14-23-17(4)26/h7-12,15-16H,5-6,13-14H2,1-4H3,(H,23,26). The molecule has 168 valence electrons. The van der Waals surface area contributed by atoms with E-state index in [1.54, 1.807) is 39.0 Å². The highest BCUT2D eigenvalue weighted by Crippen LogP contribution is 2.25. The predicted molar refractivity (Wildman–Crippen MR) is 123 cm³/mol. The highest BCUT2D eigenvalue weighted by Gasteiger charge is 2.22. The Morgan fingerprint density at radius 3 is 2.26 bits per heavy atom. The molecule has 0 aliphatic heterocycles. The Labute approximate surface area is 188 Å². The molecule has 0 aliphatic rings. The predicted octanol–water partition coefficient (Wildman–Crippen LogP) is 3.15. The van der Waals surface area contributed by atoms with E-state index < -0.39 is 10.0 Å². The van der Waals surface area contributed by atoms with Crippen LogP contribution >= 0.6 is 11.8 Å². The van der Waals surface area contributed by atoms with Gasteiger partial charge in [-0.3, -0.25) is 9.59 Å². The fraction of sp³-hybridized carbons (Fsp3) is 0.409. The van der Waals surface area contributed by atoms with Crippen LogP contribution in [0.2, 0.25) is 0 Å². The lowest BCUT2D eigenvalue weighted by atomic mass is 10.0. The van der Waals surface area contributed by atoms with Crippen molar-refractivity contribution in [1.82, 2.24) is 14.6 Å². The summed E-state index contributed by atoms with van der Waals surface area (Å²) in [4.78, 5) is 28.1. The van der Waals surface area contributed by atoms with Gasteiger partial charge in [0.15, 0.2) is 5.78 Å². The van der Waals surface area contributed by atoms with Crippen LogP contribution in [0.15, 0.2) is 52.5 Å². The van der Waals surface area contributed by atoms with E-state index in [0.29, 0.717) is 36.6 Å². The molecule has 0 spiro atoms. The number of pyridine rings is 1. The number of benzene rings is 1. The van der Waals surface area contributed by atoms with Gasteiger partial charge in [-0.05, 0) is 31.0 Å². The molecule has 2 rings (SSSR count). The van der Waals surface area contributed by atoms with Gasteiger partial charge in [0, 0.05) is 38.3 Å². The zero-order valence-corrected chi connectivity index (χ0v) is 19.9. The Hall–Kier alpha value is -2.23. The number of thioether (sulfide) groups is 1. The molecule has 2 aromatic rings. The maximum atomic E-state index is 12.7. The topological polar surface area (TPSA) is 96.4 Å². The molecule has 7 nitrogen and oxygen atoms in total. The normalized spacial score (nSPS) is 12.5. The summed E-state index contributed by atoms with van der Waals surface area (Å²) < 4.78 is 26.5. The highest BCUT2D eigenvalue weighted by molar-refractivity contribution is 8.00. The van der Waals surface area contributed by atoms with Crippen LogP contribution in [-0.2, 0) is 21.2 Å². The molecular weight excluding hydrogens is 434 g/mol. The Morgan fingerprint density at radius 2 is 1.74 bits per heavy atom. The number of sulfonamides is 1. The summed E-state index contributed by atoms with van der Waals surface area (Å²) in [7, 11) is -3.55. The maximum Gasteiger partial charge on any atom is 0.244 e. The van der Waals surface area contributed by atoms with Crippen molar-refractivity contribution in [3.05, 3.63) is 53.7 Å². The summed E-state index contributed by atoms with van der Waals surface area (Å²) in [6.45, 7) is 8.22. The van der Waals surface area contributed by atoms with E-state index in [1.807, 2.05) is 12.1 Å². The van der Waals surface area contributed by atoms with Crippen LogP contribution in [0.3, 0.4) is 0 Å². The second-order valence-corrected chi connectivity index (χ2v) is 10.3. The molecule has 0 radical (unpaired) electrons. The molecular formula is C22H29N3O4S2. The number of carbonyl (C=O) groups excluding carboxylic acids is 2. The van der Waals surface area contributed by atoms with Crippen LogP contribution in [-0.4, -0.2) is 54.3 Å². The molecule has 9 heteroatoms. The van der Waals surface area contributed by atoms with E-state index in [2.05, 4.69) is 10.3 Å². The number of amides is 1. The summed E-state index contributed by atoms with van der Waals surface area (Å²) in [5.74, 6) is -0.0926. The molecule has 1 aromatic carbocycles. The van der Waals surface area contributed by atoms with E-state index in [4.69, 9.17) is 0 Å². The molecule has 0 saturated heterocycles. The Kier molecular flexibility index (Phi) is 9.21. The fourth-order valence-corrected chi connectivity index (χ4v) is 5.26. The number of hydrogen-bond acceptors (Lipinski definition) is 6. The van der Waals surface area contributed by atoms with Gasteiger partial charge in [0.05, 0.1) is 10.3 Å². The third kappa shape index (κ3) is 6.88. The zero-order valence-electron chi connectivity index (χ0n) is 18.3. The molecule has 0 saturated carbocycles. The third-order valence-corrected chi connectivity index (χ3v) is 7.83. The van der Waals surface area contributed by atoms with Crippen LogP contribution in [0.4, 0.5) is 0 Å². The molecule has 0 aliphatic carbocycles. The molecule has 31 heavy (non-hydrogen) atoms. The fourth-order valence-electron chi connectivity index (χ4n) is 2.99. The Balaban J connectivity index is 2.00. The van der Waals surface area contributed by atoms with Crippen LogP contribution < -0.4 is 5.32 Å². The number of ketones is 1. The number of nitrogens with one attached hydrogen (secondary N) is 1. The number of Topliss-reactive ketones (excluding diaryl/α,β-unsaturated/α-hetero) is 1. The van der Waals surface area contributed by atoms with E-state index in [1.165, 1.54) is 35.3 Å². The summed E-state index contributed by atoms with van der Waals surface area (Å²) in [6, 6.07) is 10.5. The average Bonchev–Trinajstić information content (AvgIpc) is 2.74. The third-order valence-electron chi connectivity index (χ3n) is 4.75. The van der Waals surface area contributed by atoms with Crippen molar-refractivity contribution in [3.63, 3.8) is 0 Å². The molecule has 1 heterocycles. The average molecular weight is 464 g/mol. The lowest BCUT2D eigenvalue weighted by Crippen LogP contribution is -2.30. The van der Waals surface area contributed by atoms with Gasteiger partial charge < -0.3 is 5.32 Å². The van der Waals surface area contributed by atoms with Crippen molar-refractivity contribution in [2.24, 2.45) is 0 Å². The Morgan fingerprint density at radius 1 is 1.10 bits per heavy atom. The van der Waals surface area contributed by atoms with E-state index in [0.717, 1.165) is 5.56 Å². The van der Waals surface area contributed by atoms with Crippen molar-refractivity contribution in [1.29, 1.82) is 0 Å².